The molecule has 120 valence electrons. The number of carbonyl (C=O) groups excluding carboxylic acids is 1. The van der Waals surface area contributed by atoms with E-state index in [2.05, 4.69) is 10.5 Å². The molecule has 3 rings (SSSR count). The monoisotopic (exact) mass is 356 g/mol. The Balaban J connectivity index is 1.59. The van der Waals surface area contributed by atoms with Crippen LogP contribution in [0.3, 0.4) is 0 Å². The zero-order valence-electron chi connectivity index (χ0n) is 12.5. The van der Waals surface area contributed by atoms with E-state index in [1.165, 1.54) is 18.0 Å². The van der Waals surface area contributed by atoms with Crippen molar-refractivity contribution in [3.63, 3.8) is 0 Å². The lowest BCUT2D eigenvalue weighted by atomic mass is 10.2. The van der Waals surface area contributed by atoms with E-state index < -0.39 is 0 Å². The summed E-state index contributed by atoms with van der Waals surface area (Å²) in [6.45, 7) is 0. The molecule has 0 saturated heterocycles. The SMILES string of the molecule is O=C(N/N=C\c1ccc(Sc2ccccc2)o1)c1ccccc1Cl. The van der Waals surface area contributed by atoms with Gasteiger partial charge >= 0.3 is 0 Å². The van der Waals surface area contributed by atoms with E-state index in [1.807, 2.05) is 36.4 Å². The number of carbonyl (C=O) groups is 1. The minimum Gasteiger partial charge on any atom is -0.448 e. The van der Waals surface area contributed by atoms with Gasteiger partial charge in [-0.1, -0.05) is 53.7 Å². The van der Waals surface area contributed by atoms with Crippen molar-refractivity contribution in [3.8, 4) is 0 Å². The van der Waals surface area contributed by atoms with Gasteiger partial charge in [0.05, 0.1) is 16.8 Å². The second-order valence-electron chi connectivity index (χ2n) is 4.75. The largest absolute Gasteiger partial charge is 0.448 e. The number of halogens is 1. The molecule has 3 aromatic rings. The fourth-order valence-electron chi connectivity index (χ4n) is 1.92. The molecule has 1 heterocycles. The first-order valence-electron chi connectivity index (χ1n) is 7.13. The molecule has 2 aromatic carbocycles. The first kappa shape index (κ1) is 16.4. The van der Waals surface area contributed by atoms with Crippen LogP contribution in [0.5, 0.6) is 0 Å². The van der Waals surface area contributed by atoms with Crippen LogP contribution in [0.4, 0.5) is 0 Å². The maximum atomic E-state index is 12.0. The van der Waals surface area contributed by atoms with E-state index in [-0.39, 0.29) is 5.91 Å². The highest BCUT2D eigenvalue weighted by Gasteiger charge is 2.08. The zero-order valence-corrected chi connectivity index (χ0v) is 14.1. The molecule has 0 spiro atoms. The Labute approximate surface area is 148 Å². The lowest BCUT2D eigenvalue weighted by Crippen LogP contribution is -2.17. The molecule has 0 aliphatic heterocycles. The van der Waals surface area contributed by atoms with Crippen molar-refractivity contribution < 1.29 is 9.21 Å². The smallest absolute Gasteiger partial charge is 0.272 e. The maximum absolute atomic E-state index is 12.0. The number of benzene rings is 2. The average molecular weight is 357 g/mol. The fraction of sp³-hybridized carbons (Fsp3) is 0. The predicted octanol–water partition coefficient (Wildman–Crippen LogP) is 4.85. The summed E-state index contributed by atoms with van der Waals surface area (Å²) < 4.78 is 5.64. The van der Waals surface area contributed by atoms with Crippen LogP contribution in [0.1, 0.15) is 16.1 Å². The van der Waals surface area contributed by atoms with Crippen molar-refractivity contribution >= 4 is 35.5 Å². The number of nitrogens with one attached hydrogen (secondary N) is 1. The van der Waals surface area contributed by atoms with E-state index in [0.717, 1.165) is 9.99 Å². The maximum Gasteiger partial charge on any atom is 0.272 e. The summed E-state index contributed by atoms with van der Waals surface area (Å²) in [4.78, 5) is 13.0. The first-order chi connectivity index (χ1) is 11.7. The molecule has 6 heteroatoms. The van der Waals surface area contributed by atoms with Gasteiger partial charge in [0.1, 0.15) is 5.76 Å². The number of hydrazone groups is 1. The molecule has 0 aliphatic carbocycles. The molecule has 0 radical (unpaired) electrons. The Morgan fingerprint density at radius 1 is 1.04 bits per heavy atom. The van der Waals surface area contributed by atoms with Crippen LogP contribution in [0.15, 0.2) is 86.2 Å². The van der Waals surface area contributed by atoms with Crippen LogP contribution >= 0.6 is 23.4 Å². The molecule has 24 heavy (non-hydrogen) atoms. The summed E-state index contributed by atoms with van der Waals surface area (Å²) >= 11 is 7.48. The number of hydrogen-bond acceptors (Lipinski definition) is 4. The summed E-state index contributed by atoms with van der Waals surface area (Å²) in [7, 11) is 0. The molecule has 0 atom stereocenters. The van der Waals surface area contributed by atoms with Crippen molar-refractivity contribution in [2.24, 2.45) is 5.10 Å². The quantitative estimate of drug-likeness (QED) is 0.525. The predicted molar refractivity (Wildman–Crippen MR) is 95.8 cm³/mol. The van der Waals surface area contributed by atoms with Crippen molar-refractivity contribution in [2.45, 2.75) is 9.99 Å². The van der Waals surface area contributed by atoms with Crippen LogP contribution in [-0.4, -0.2) is 12.1 Å². The fourth-order valence-corrected chi connectivity index (χ4v) is 2.94. The Morgan fingerprint density at radius 2 is 1.79 bits per heavy atom. The third kappa shape index (κ3) is 4.28. The van der Waals surface area contributed by atoms with Crippen LogP contribution in [0.25, 0.3) is 0 Å². The second kappa shape index (κ2) is 7.86. The van der Waals surface area contributed by atoms with Gasteiger partial charge < -0.3 is 4.42 Å². The van der Waals surface area contributed by atoms with Gasteiger partial charge in [0.25, 0.3) is 5.91 Å². The number of amides is 1. The van der Waals surface area contributed by atoms with Crippen molar-refractivity contribution in [2.75, 3.05) is 0 Å². The van der Waals surface area contributed by atoms with Crippen molar-refractivity contribution in [3.05, 3.63) is 83.1 Å². The lowest BCUT2D eigenvalue weighted by Gasteiger charge is -2.01. The standard InChI is InChI=1S/C18H13ClN2O2S/c19-16-9-5-4-8-15(16)18(22)21-20-12-13-10-11-17(23-13)24-14-6-2-1-3-7-14/h1-12H,(H,21,22)/b20-12-. The summed E-state index contributed by atoms with van der Waals surface area (Å²) in [5.41, 5.74) is 2.80. The third-order valence-corrected chi connectivity index (χ3v) is 4.30. The van der Waals surface area contributed by atoms with E-state index >= 15 is 0 Å². The van der Waals surface area contributed by atoms with Gasteiger partial charge in [-0.25, -0.2) is 5.43 Å². The molecular formula is C18H13ClN2O2S. The van der Waals surface area contributed by atoms with E-state index in [1.54, 1.807) is 30.3 Å². The van der Waals surface area contributed by atoms with Crippen molar-refractivity contribution in [1.82, 2.24) is 5.43 Å². The van der Waals surface area contributed by atoms with Gasteiger partial charge in [0.2, 0.25) is 0 Å². The van der Waals surface area contributed by atoms with Crippen LogP contribution < -0.4 is 5.43 Å². The van der Waals surface area contributed by atoms with Gasteiger partial charge in [0.15, 0.2) is 5.09 Å². The number of furan rings is 1. The zero-order chi connectivity index (χ0) is 16.8. The van der Waals surface area contributed by atoms with Gasteiger partial charge in [-0.3, -0.25) is 4.79 Å². The van der Waals surface area contributed by atoms with Crippen LogP contribution in [0.2, 0.25) is 5.02 Å². The summed E-state index contributed by atoms with van der Waals surface area (Å²) in [5.74, 6) is 0.176. The van der Waals surface area contributed by atoms with Crippen molar-refractivity contribution in [1.29, 1.82) is 0 Å². The first-order valence-corrected chi connectivity index (χ1v) is 8.32. The molecule has 1 amide bonds. The molecule has 0 fully saturated rings. The van der Waals surface area contributed by atoms with Gasteiger partial charge in [-0.15, -0.1) is 0 Å². The molecule has 0 saturated carbocycles. The minimum atomic E-state index is -0.373. The van der Waals surface area contributed by atoms with Gasteiger partial charge in [-0.2, -0.15) is 5.10 Å². The van der Waals surface area contributed by atoms with Crippen LogP contribution in [0, 0.1) is 0 Å². The Bertz CT molecular complexity index is 862. The molecular weight excluding hydrogens is 344 g/mol. The highest BCUT2D eigenvalue weighted by Crippen LogP contribution is 2.28. The van der Waals surface area contributed by atoms with E-state index in [0.29, 0.717) is 16.3 Å². The Kier molecular flexibility index (Phi) is 5.36. The Morgan fingerprint density at radius 3 is 2.58 bits per heavy atom. The topological polar surface area (TPSA) is 54.6 Å². The van der Waals surface area contributed by atoms with E-state index in [4.69, 9.17) is 16.0 Å². The highest BCUT2D eigenvalue weighted by atomic mass is 35.5. The molecule has 0 unspecified atom stereocenters. The third-order valence-electron chi connectivity index (χ3n) is 3.04. The Hall–Kier alpha value is -2.50. The van der Waals surface area contributed by atoms with Gasteiger partial charge in [-0.05, 0) is 36.4 Å². The molecule has 1 aromatic heterocycles. The number of hydrogen-bond donors (Lipinski definition) is 1. The molecule has 1 N–H and O–H groups in total. The highest BCUT2D eigenvalue weighted by molar-refractivity contribution is 7.99. The number of rotatable bonds is 5. The summed E-state index contributed by atoms with van der Waals surface area (Å²) in [6, 6.07) is 20.3. The van der Waals surface area contributed by atoms with Gasteiger partial charge in [0, 0.05) is 4.90 Å². The number of nitrogens with zero attached hydrogens (tertiary/aromatic N) is 1. The molecule has 4 nitrogen and oxygen atoms in total. The summed E-state index contributed by atoms with van der Waals surface area (Å²) in [5, 5.41) is 5.02. The van der Waals surface area contributed by atoms with E-state index in [9.17, 15) is 4.79 Å². The normalized spacial score (nSPS) is 10.9. The second-order valence-corrected chi connectivity index (χ2v) is 6.24. The lowest BCUT2D eigenvalue weighted by molar-refractivity contribution is 0.0955. The average Bonchev–Trinajstić information content (AvgIpc) is 3.03. The van der Waals surface area contributed by atoms with Crippen LogP contribution in [-0.2, 0) is 0 Å². The molecule has 0 aliphatic rings. The minimum absolute atomic E-state index is 0.371. The molecule has 0 bridgehead atoms. The summed E-state index contributed by atoms with van der Waals surface area (Å²) in [6.07, 6.45) is 1.45.